The zero-order valence-corrected chi connectivity index (χ0v) is 26.9. The van der Waals surface area contributed by atoms with Gasteiger partial charge in [0.15, 0.2) is 5.75 Å². The zero-order chi connectivity index (χ0) is 32.8. The highest BCUT2D eigenvalue weighted by Gasteiger charge is 2.27. The van der Waals surface area contributed by atoms with E-state index >= 15 is 0 Å². The summed E-state index contributed by atoms with van der Waals surface area (Å²) in [4.78, 5) is 27.7. The van der Waals surface area contributed by atoms with Gasteiger partial charge in [-0.05, 0) is 68.1 Å². The SMILES string of the molecule is Cc1cccc(OCCCC(=O)N2CCC(C)Oc3c(-c4cnn(Cc5cccc(C(=O)NCS(=O)(=O)O)c5)c4)cccc32)c1C. The molecule has 242 valence electrons. The van der Waals surface area contributed by atoms with Gasteiger partial charge >= 0.3 is 0 Å². The van der Waals surface area contributed by atoms with Crippen molar-refractivity contribution in [3.8, 4) is 22.6 Å². The van der Waals surface area contributed by atoms with Crippen molar-refractivity contribution < 1.29 is 32.0 Å². The summed E-state index contributed by atoms with van der Waals surface area (Å²) >= 11 is 0. The molecule has 1 aliphatic rings. The number of hydrogen-bond donors (Lipinski definition) is 2. The van der Waals surface area contributed by atoms with Crippen LogP contribution in [0.25, 0.3) is 11.1 Å². The van der Waals surface area contributed by atoms with Crippen LogP contribution < -0.4 is 19.7 Å². The molecule has 2 amide bonds. The smallest absolute Gasteiger partial charge is 0.283 e. The maximum Gasteiger partial charge on any atom is 0.283 e. The number of carbonyl (C=O) groups is 2. The van der Waals surface area contributed by atoms with Crippen LogP contribution in [0.4, 0.5) is 5.69 Å². The van der Waals surface area contributed by atoms with Crippen LogP contribution in [0.15, 0.2) is 73.1 Å². The third-order valence-electron chi connectivity index (χ3n) is 7.90. The largest absolute Gasteiger partial charge is 0.493 e. The molecule has 46 heavy (non-hydrogen) atoms. The lowest BCUT2D eigenvalue weighted by Crippen LogP contribution is -2.32. The number of hydrogen-bond acceptors (Lipinski definition) is 7. The molecule has 11 nitrogen and oxygen atoms in total. The minimum Gasteiger partial charge on any atom is -0.493 e. The van der Waals surface area contributed by atoms with Crippen LogP contribution in [-0.4, -0.2) is 59.7 Å². The highest BCUT2D eigenvalue weighted by molar-refractivity contribution is 7.85. The first-order chi connectivity index (χ1) is 22.0. The Morgan fingerprint density at radius 2 is 1.89 bits per heavy atom. The normalized spacial score (nSPS) is 14.6. The molecular formula is C34H38N4O7S. The molecule has 5 rings (SSSR count). The van der Waals surface area contributed by atoms with Gasteiger partial charge in [0.1, 0.15) is 11.6 Å². The standard InChI is InChI=1S/C34H38N4O7S/c1-23-8-4-13-31(25(23)3)44-17-7-14-32(39)38-16-15-24(2)45-33-29(11-6-12-30(33)38)28-19-36-37(21-28)20-26-9-5-10-27(18-26)34(40)35-22-46(41,42)43/h4-6,8-13,18-19,21,24H,7,14-17,20,22H2,1-3H3,(H,35,40)(H,41,42,43). The third kappa shape index (κ3) is 8.12. The van der Waals surface area contributed by atoms with E-state index in [-0.39, 0.29) is 17.6 Å². The number of ether oxygens (including phenoxy) is 2. The molecular weight excluding hydrogens is 608 g/mol. The van der Waals surface area contributed by atoms with Crippen molar-refractivity contribution in [3.05, 3.63) is 95.3 Å². The Bertz CT molecular complexity index is 1840. The zero-order valence-electron chi connectivity index (χ0n) is 26.1. The van der Waals surface area contributed by atoms with Crippen molar-refractivity contribution in [2.24, 2.45) is 0 Å². The molecule has 0 saturated carbocycles. The van der Waals surface area contributed by atoms with Gasteiger partial charge in [0, 0.05) is 42.3 Å². The quantitative estimate of drug-likeness (QED) is 0.168. The second-order valence-electron chi connectivity index (χ2n) is 11.4. The Labute approximate surface area is 268 Å². The van der Waals surface area contributed by atoms with Crippen molar-refractivity contribution in [1.82, 2.24) is 15.1 Å². The van der Waals surface area contributed by atoms with Gasteiger partial charge < -0.3 is 19.7 Å². The second-order valence-corrected chi connectivity index (χ2v) is 12.9. The summed E-state index contributed by atoms with van der Waals surface area (Å²) in [6.45, 7) is 7.41. The average Bonchev–Trinajstić information content (AvgIpc) is 3.40. The summed E-state index contributed by atoms with van der Waals surface area (Å²) in [6, 6.07) is 18.4. The van der Waals surface area contributed by atoms with E-state index in [1.54, 1.807) is 29.1 Å². The van der Waals surface area contributed by atoms with Gasteiger partial charge in [0.05, 0.1) is 31.1 Å². The summed E-state index contributed by atoms with van der Waals surface area (Å²) in [6.07, 6.45) is 5.12. The Hall–Kier alpha value is -4.68. The molecule has 0 bridgehead atoms. The number of anilines is 1. The molecule has 1 unspecified atom stereocenters. The van der Waals surface area contributed by atoms with E-state index in [9.17, 15) is 18.0 Å². The van der Waals surface area contributed by atoms with Crippen molar-refractivity contribution in [3.63, 3.8) is 0 Å². The first-order valence-electron chi connectivity index (χ1n) is 15.1. The number of nitrogens with one attached hydrogen (secondary N) is 1. The maximum absolute atomic E-state index is 13.5. The van der Waals surface area contributed by atoms with E-state index in [4.69, 9.17) is 14.0 Å². The van der Waals surface area contributed by atoms with Gasteiger partial charge in [0.2, 0.25) is 5.91 Å². The van der Waals surface area contributed by atoms with E-state index in [0.29, 0.717) is 44.7 Å². The number of carbonyl (C=O) groups excluding carboxylic acids is 2. The van der Waals surface area contributed by atoms with Crippen LogP contribution in [0.3, 0.4) is 0 Å². The molecule has 1 aromatic heterocycles. The molecule has 0 radical (unpaired) electrons. The van der Waals surface area contributed by atoms with Crippen molar-refractivity contribution in [1.29, 1.82) is 0 Å². The van der Waals surface area contributed by atoms with E-state index in [0.717, 1.165) is 33.7 Å². The van der Waals surface area contributed by atoms with Crippen molar-refractivity contribution in [2.75, 3.05) is 23.9 Å². The lowest BCUT2D eigenvalue weighted by molar-refractivity contribution is -0.118. The van der Waals surface area contributed by atoms with Crippen LogP contribution >= 0.6 is 0 Å². The second kappa shape index (κ2) is 14.2. The predicted octanol–water partition coefficient (Wildman–Crippen LogP) is 5.15. The lowest BCUT2D eigenvalue weighted by atomic mass is 10.1. The maximum atomic E-state index is 13.5. The molecule has 2 N–H and O–H groups in total. The molecule has 0 aliphatic carbocycles. The minimum absolute atomic E-state index is 0.0110. The van der Waals surface area contributed by atoms with Crippen LogP contribution in [0, 0.1) is 13.8 Å². The number of nitrogens with zero attached hydrogens (tertiary/aromatic N) is 3. The summed E-state index contributed by atoms with van der Waals surface area (Å²) in [7, 11) is -4.33. The molecule has 3 aromatic carbocycles. The van der Waals surface area contributed by atoms with Crippen LogP contribution in [0.2, 0.25) is 0 Å². The van der Waals surface area contributed by atoms with Crippen LogP contribution in [-0.2, 0) is 21.5 Å². The fourth-order valence-corrected chi connectivity index (χ4v) is 5.62. The fourth-order valence-electron chi connectivity index (χ4n) is 5.31. The Morgan fingerprint density at radius 1 is 1.11 bits per heavy atom. The molecule has 4 aromatic rings. The van der Waals surface area contributed by atoms with Crippen LogP contribution in [0.1, 0.15) is 53.2 Å². The fraction of sp³-hybridized carbons (Fsp3) is 0.324. The molecule has 1 aliphatic heterocycles. The number of amides is 2. The molecule has 2 heterocycles. The summed E-state index contributed by atoms with van der Waals surface area (Å²) < 4.78 is 45.0. The highest BCUT2D eigenvalue weighted by Crippen LogP contribution is 2.41. The van der Waals surface area contributed by atoms with Crippen molar-refractivity contribution in [2.45, 2.75) is 52.7 Å². The first kappa shape index (κ1) is 32.7. The Morgan fingerprint density at radius 3 is 2.70 bits per heavy atom. The van der Waals surface area contributed by atoms with Gasteiger partial charge in [0.25, 0.3) is 16.0 Å². The number of fused-ring (bicyclic) bond motifs is 1. The number of aromatic nitrogens is 2. The highest BCUT2D eigenvalue weighted by atomic mass is 32.2. The monoisotopic (exact) mass is 646 g/mol. The van der Waals surface area contributed by atoms with Crippen LogP contribution in [0.5, 0.6) is 11.5 Å². The molecule has 1 atom stereocenters. The molecule has 0 saturated heterocycles. The number of benzene rings is 3. The van der Waals surface area contributed by atoms with Crippen molar-refractivity contribution >= 4 is 27.6 Å². The Kier molecular flexibility index (Phi) is 10.1. The van der Waals surface area contributed by atoms with E-state index < -0.39 is 21.9 Å². The first-order valence-corrected chi connectivity index (χ1v) is 16.7. The van der Waals surface area contributed by atoms with Gasteiger partial charge in [-0.2, -0.15) is 13.5 Å². The Balaban J connectivity index is 1.28. The molecule has 12 heteroatoms. The van der Waals surface area contributed by atoms with Gasteiger partial charge in [-0.3, -0.25) is 18.8 Å². The average molecular weight is 647 g/mol. The number of aryl methyl sites for hydroxylation is 1. The third-order valence-corrected chi connectivity index (χ3v) is 8.41. The number of rotatable bonds is 11. The summed E-state index contributed by atoms with van der Waals surface area (Å²) in [5, 5.41) is 6.70. The summed E-state index contributed by atoms with van der Waals surface area (Å²) in [5.74, 6) is -0.00613. The molecule has 0 fully saturated rings. The van der Waals surface area contributed by atoms with Gasteiger partial charge in [-0.1, -0.05) is 36.4 Å². The summed E-state index contributed by atoms with van der Waals surface area (Å²) in [5.41, 5.74) is 5.63. The van der Waals surface area contributed by atoms with E-state index in [1.807, 2.05) is 74.3 Å². The van der Waals surface area contributed by atoms with E-state index in [2.05, 4.69) is 10.4 Å². The minimum atomic E-state index is -4.33. The predicted molar refractivity (Wildman–Crippen MR) is 175 cm³/mol. The van der Waals surface area contributed by atoms with Gasteiger partial charge in [-0.15, -0.1) is 0 Å². The topological polar surface area (TPSA) is 140 Å². The molecule has 0 spiro atoms. The lowest BCUT2D eigenvalue weighted by Gasteiger charge is -2.23. The van der Waals surface area contributed by atoms with E-state index in [1.165, 1.54) is 5.56 Å². The van der Waals surface area contributed by atoms with Gasteiger partial charge in [-0.25, -0.2) is 0 Å². The number of para-hydroxylation sites is 1.